The molecule has 2 heteroatoms. The van der Waals surface area contributed by atoms with Crippen molar-refractivity contribution in [3.63, 3.8) is 0 Å². The van der Waals surface area contributed by atoms with E-state index >= 15 is 0 Å². The third kappa shape index (κ3) is 2.04. The fourth-order valence-electron chi connectivity index (χ4n) is 3.86. The topological polar surface area (TPSA) is 29.3 Å². The second-order valence-electron chi connectivity index (χ2n) is 6.35. The van der Waals surface area contributed by atoms with Gasteiger partial charge >= 0.3 is 0 Å². The van der Waals surface area contributed by atoms with Gasteiger partial charge in [0.2, 0.25) is 0 Å². The van der Waals surface area contributed by atoms with Gasteiger partial charge in [-0.2, -0.15) is 0 Å². The van der Waals surface area contributed by atoms with Gasteiger partial charge in [-0.15, -0.1) is 0 Å². The van der Waals surface area contributed by atoms with Crippen molar-refractivity contribution < 1.29 is 0 Å². The molecule has 0 aromatic heterocycles. The second kappa shape index (κ2) is 5.19. The van der Waals surface area contributed by atoms with Crippen molar-refractivity contribution >= 4 is 10.8 Å². The number of rotatable bonds is 4. The van der Waals surface area contributed by atoms with Crippen molar-refractivity contribution in [1.82, 2.24) is 4.90 Å². The van der Waals surface area contributed by atoms with Crippen molar-refractivity contribution in [1.29, 1.82) is 0 Å². The standard InChI is InChI=1S/C18H24N2/c1-20(2)17(18(13-19)11-6-12-18)16-10-5-8-14-7-3-4-9-15(14)16/h3-5,7-10,17H,6,11-13,19H2,1-2H3. The number of hydrogen-bond acceptors (Lipinski definition) is 2. The first kappa shape index (κ1) is 13.6. The number of benzene rings is 2. The summed E-state index contributed by atoms with van der Waals surface area (Å²) in [5, 5.41) is 2.69. The van der Waals surface area contributed by atoms with Crippen LogP contribution in [-0.4, -0.2) is 25.5 Å². The van der Waals surface area contributed by atoms with E-state index in [1.54, 1.807) is 0 Å². The molecule has 20 heavy (non-hydrogen) atoms. The van der Waals surface area contributed by atoms with Crippen LogP contribution in [0.5, 0.6) is 0 Å². The van der Waals surface area contributed by atoms with Crippen LogP contribution in [0.2, 0.25) is 0 Å². The molecule has 1 fully saturated rings. The monoisotopic (exact) mass is 268 g/mol. The van der Waals surface area contributed by atoms with E-state index < -0.39 is 0 Å². The Balaban J connectivity index is 2.15. The fourth-order valence-corrected chi connectivity index (χ4v) is 3.86. The van der Waals surface area contributed by atoms with Gasteiger partial charge in [0, 0.05) is 11.5 Å². The van der Waals surface area contributed by atoms with Gasteiger partial charge in [0.15, 0.2) is 0 Å². The number of nitrogens with two attached hydrogens (primary N) is 1. The Morgan fingerprint density at radius 3 is 2.40 bits per heavy atom. The highest BCUT2D eigenvalue weighted by atomic mass is 15.1. The lowest BCUT2D eigenvalue weighted by Crippen LogP contribution is -2.47. The van der Waals surface area contributed by atoms with E-state index in [4.69, 9.17) is 5.73 Å². The van der Waals surface area contributed by atoms with E-state index in [1.165, 1.54) is 35.6 Å². The summed E-state index contributed by atoms with van der Waals surface area (Å²) >= 11 is 0. The third-order valence-electron chi connectivity index (χ3n) is 4.97. The molecular formula is C18H24N2. The van der Waals surface area contributed by atoms with Crippen molar-refractivity contribution in [2.45, 2.75) is 25.3 Å². The maximum Gasteiger partial charge on any atom is 0.0416 e. The molecule has 0 heterocycles. The first-order valence-corrected chi connectivity index (χ1v) is 7.52. The molecule has 106 valence electrons. The quantitative estimate of drug-likeness (QED) is 0.918. The minimum absolute atomic E-state index is 0.258. The van der Waals surface area contributed by atoms with Crippen molar-refractivity contribution in [3.05, 3.63) is 48.0 Å². The van der Waals surface area contributed by atoms with Crippen molar-refractivity contribution in [3.8, 4) is 0 Å². The molecule has 0 radical (unpaired) electrons. The number of nitrogens with zero attached hydrogens (tertiary/aromatic N) is 1. The summed E-state index contributed by atoms with van der Waals surface area (Å²) in [6, 6.07) is 15.7. The van der Waals surface area contributed by atoms with Gasteiger partial charge in [-0.1, -0.05) is 48.9 Å². The maximum atomic E-state index is 6.16. The van der Waals surface area contributed by atoms with Gasteiger partial charge < -0.3 is 10.6 Å². The first-order valence-electron chi connectivity index (χ1n) is 7.52. The zero-order valence-corrected chi connectivity index (χ0v) is 12.5. The third-order valence-corrected chi connectivity index (χ3v) is 4.97. The normalized spacial score (nSPS) is 19.0. The summed E-state index contributed by atoms with van der Waals surface area (Å²) in [5.41, 5.74) is 7.85. The minimum Gasteiger partial charge on any atom is -0.330 e. The van der Waals surface area contributed by atoms with Crippen LogP contribution >= 0.6 is 0 Å². The van der Waals surface area contributed by atoms with Gasteiger partial charge in [0.1, 0.15) is 0 Å². The summed E-state index contributed by atoms with van der Waals surface area (Å²) < 4.78 is 0. The van der Waals surface area contributed by atoms with Gasteiger partial charge in [0.05, 0.1) is 0 Å². The van der Waals surface area contributed by atoms with Gasteiger partial charge in [-0.3, -0.25) is 0 Å². The van der Waals surface area contributed by atoms with Crippen LogP contribution in [0.4, 0.5) is 0 Å². The SMILES string of the molecule is CN(C)C(c1cccc2ccccc12)C1(CN)CCC1. The number of fused-ring (bicyclic) bond motifs is 1. The van der Waals surface area contributed by atoms with Crippen LogP contribution in [0.3, 0.4) is 0 Å². The summed E-state index contributed by atoms with van der Waals surface area (Å²) in [5.74, 6) is 0. The number of hydrogen-bond donors (Lipinski definition) is 1. The molecule has 3 rings (SSSR count). The molecule has 1 unspecified atom stereocenters. The van der Waals surface area contributed by atoms with E-state index in [9.17, 15) is 0 Å². The predicted molar refractivity (Wildman–Crippen MR) is 85.7 cm³/mol. The van der Waals surface area contributed by atoms with E-state index in [2.05, 4.69) is 61.5 Å². The Morgan fingerprint density at radius 1 is 1.10 bits per heavy atom. The zero-order valence-electron chi connectivity index (χ0n) is 12.5. The lowest BCUT2D eigenvalue weighted by molar-refractivity contribution is 0.0290. The van der Waals surface area contributed by atoms with Crippen LogP contribution in [0, 0.1) is 5.41 Å². The van der Waals surface area contributed by atoms with Crippen LogP contribution < -0.4 is 5.73 Å². The molecule has 1 atom stereocenters. The van der Waals surface area contributed by atoms with Crippen molar-refractivity contribution in [2.24, 2.45) is 11.1 Å². The van der Waals surface area contributed by atoms with Crippen LogP contribution in [0.25, 0.3) is 10.8 Å². The Labute approximate surface area is 121 Å². The lowest BCUT2D eigenvalue weighted by atomic mass is 9.61. The van der Waals surface area contributed by atoms with E-state index in [-0.39, 0.29) is 5.41 Å². The molecule has 2 aromatic rings. The van der Waals surface area contributed by atoms with Crippen molar-refractivity contribution in [2.75, 3.05) is 20.6 Å². The molecule has 2 N–H and O–H groups in total. The predicted octanol–water partition coefficient (Wildman–Crippen LogP) is 3.57. The molecule has 0 aliphatic heterocycles. The molecule has 2 nitrogen and oxygen atoms in total. The maximum absolute atomic E-state index is 6.16. The molecule has 1 aliphatic carbocycles. The molecule has 0 spiro atoms. The van der Waals surface area contributed by atoms with Gasteiger partial charge in [-0.05, 0) is 49.8 Å². The average molecular weight is 268 g/mol. The molecular weight excluding hydrogens is 244 g/mol. The van der Waals surface area contributed by atoms with Gasteiger partial charge in [-0.25, -0.2) is 0 Å². The van der Waals surface area contributed by atoms with Crippen LogP contribution in [0.15, 0.2) is 42.5 Å². The second-order valence-corrected chi connectivity index (χ2v) is 6.35. The highest BCUT2D eigenvalue weighted by Gasteiger charge is 2.45. The Bertz CT molecular complexity index is 588. The fraction of sp³-hybridized carbons (Fsp3) is 0.444. The highest BCUT2D eigenvalue weighted by molar-refractivity contribution is 5.86. The summed E-state index contributed by atoms with van der Waals surface area (Å²) in [6.07, 6.45) is 3.80. The van der Waals surface area contributed by atoms with E-state index in [0.717, 1.165) is 6.54 Å². The Morgan fingerprint density at radius 2 is 1.80 bits per heavy atom. The summed E-state index contributed by atoms with van der Waals surface area (Å²) in [6.45, 7) is 0.777. The van der Waals surface area contributed by atoms with Crippen LogP contribution in [0.1, 0.15) is 30.9 Å². The van der Waals surface area contributed by atoms with E-state index in [0.29, 0.717) is 6.04 Å². The molecule has 2 aromatic carbocycles. The molecule has 0 bridgehead atoms. The molecule has 1 saturated carbocycles. The van der Waals surface area contributed by atoms with E-state index in [1.807, 2.05) is 0 Å². The lowest BCUT2D eigenvalue weighted by Gasteiger charge is -2.50. The van der Waals surface area contributed by atoms with Gasteiger partial charge in [0.25, 0.3) is 0 Å². The summed E-state index contributed by atoms with van der Waals surface area (Å²) in [4.78, 5) is 2.35. The largest absolute Gasteiger partial charge is 0.330 e. The van der Waals surface area contributed by atoms with Crippen LogP contribution in [-0.2, 0) is 0 Å². The molecule has 0 saturated heterocycles. The summed E-state index contributed by atoms with van der Waals surface area (Å²) in [7, 11) is 4.37. The average Bonchev–Trinajstić information content (AvgIpc) is 2.42. The molecule has 0 amide bonds. The minimum atomic E-state index is 0.258. The zero-order chi connectivity index (χ0) is 14.2. The Hall–Kier alpha value is -1.38. The smallest absolute Gasteiger partial charge is 0.0416 e. The highest BCUT2D eigenvalue weighted by Crippen LogP contribution is 2.52. The molecule has 1 aliphatic rings. The Kier molecular flexibility index (Phi) is 3.53. The first-order chi connectivity index (χ1) is 9.68.